The molecule has 1 aliphatic rings. The molecular weight excluding hydrogens is 430 g/mol. The average molecular weight is 458 g/mol. The molecule has 34 heavy (non-hydrogen) atoms. The third-order valence-electron chi connectivity index (χ3n) is 5.29. The lowest BCUT2D eigenvalue weighted by Gasteiger charge is -2.15. The van der Waals surface area contributed by atoms with Gasteiger partial charge in [-0.1, -0.05) is 25.1 Å². The SMILES string of the molecule is CCCOc1cccc(NC2=C(c3ccc(OCC)cc3)C(=O)N(Cc3ccncc3)C2=O)c1. The number of ether oxygens (including phenoxy) is 2. The van der Waals surface area contributed by atoms with Gasteiger partial charge in [0.1, 0.15) is 17.2 Å². The highest BCUT2D eigenvalue weighted by atomic mass is 16.5. The van der Waals surface area contributed by atoms with Gasteiger partial charge in [0, 0.05) is 24.1 Å². The number of carbonyl (C=O) groups excluding carboxylic acids is 2. The van der Waals surface area contributed by atoms with E-state index >= 15 is 0 Å². The van der Waals surface area contributed by atoms with Crippen LogP contribution in [0.25, 0.3) is 5.57 Å². The fourth-order valence-electron chi connectivity index (χ4n) is 3.69. The van der Waals surface area contributed by atoms with Crippen molar-refractivity contribution in [2.24, 2.45) is 0 Å². The number of imide groups is 1. The first-order valence-corrected chi connectivity index (χ1v) is 11.3. The van der Waals surface area contributed by atoms with Gasteiger partial charge in [-0.25, -0.2) is 0 Å². The molecule has 1 aliphatic heterocycles. The zero-order valence-corrected chi connectivity index (χ0v) is 19.3. The summed E-state index contributed by atoms with van der Waals surface area (Å²) in [7, 11) is 0. The van der Waals surface area contributed by atoms with E-state index in [1.807, 2.05) is 38.1 Å². The monoisotopic (exact) mass is 457 g/mol. The number of aromatic nitrogens is 1. The van der Waals surface area contributed by atoms with Crippen molar-refractivity contribution in [3.63, 3.8) is 0 Å². The predicted octanol–water partition coefficient (Wildman–Crippen LogP) is 4.66. The van der Waals surface area contributed by atoms with E-state index in [-0.39, 0.29) is 24.1 Å². The summed E-state index contributed by atoms with van der Waals surface area (Å²) >= 11 is 0. The minimum atomic E-state index is -0.384. The van der Waals surface area contributed by atoms with Crippen LogP contribution < -0.4 is 14.8 Å². The molecule has 174 valence electrons. The number of rotatable bonds is 10. The lowest BCUT2D eigenvalue weighted by Crippen LogP contribution is -2.32. The molecule has 3 aromatic rings. The molecule has 0 saturated carbocycles. The number of hydrogen-bond acceptors (Lipinski definition) is 6. The molecule has 2 amide bonds. The van der Waals surface area contributed by atoms with Crippen LogP contribution in [0.15, 0.2) is 78.8 Å². The Balaban J connectivity index is 1.69. The van der Waals surface area contributed by atoms with Crippen LogP contribution in [0.5, 0.6) is 11.5 Å². The summed E-state index contributed by atoms with van der Waals surface area (Å²) < 4.78 is 11.2. The first-order chi connectivity index (χ1) is 16.6. The summed E-state index contributed by atoms with van der Waals surface area (Å²) in [6.45, 7) is 5.25. The topological polar surface area (TPSA) is 80.8 Å². The van der Waals surface area contributed by atoms with Crippen LogP contribution >= 0.6 is 0 Å². The molecule has 4 rings (SSSR count). The van der Waals surface area contributed by atoms with Crippen molar-refractivity contribution in [1.29, 1.82) is 0 Å². The van der Waals surface area contributed by atoms with Crippen LogP contribution in [-0.2, 0) is 16.1 Å². The molecule has 0 bridgehead atoms. The molecule has 2 heterocycles. The second-order valence-corrected chi connectivity index (χ2v) is 7.76. The number of benzene rings is 2. The van der Waals surface area contributed by atoms with Gasteiger partial charge in [0.05, 0.1) is 25.3 Å². The molecule has 1 aromatic heterocycles. The highest BCUT2D eigenvalue weighted by Gasteiger charge is 2.39. The summed E-state index contributed by atoms with van der Waals surface area (Å²) in [6.07, 6.45) is 4.17. The molecular formula is C27H27N3O4. The first kappa shape index (κ1) is 23.0. The zero-order chi connectivity index (χ0) is 23.9. The van der Waals surface area contributed by atoms with Gasteiger partial charge in [0.15, 0.2) is 0 Å². The van der Waals surface area contributed by atoms with E-state index in [0.717, 1.165) is 12.0 Å². The van der Waals surface area contributed by atoms with Crippen LogP contribution in [0, 0.1) is 0 Å². The number of nitrogens with one attached hydrogen (secondary N) is 1. The molecule has 7 heteroatoms. The fraction of sp³-hybridized carbons (Fsp3) is 0.222. The molecule has 0 unspecified atom stereocenters. The van der Waals surface area contributed by atoms with Gasteiger partial charge in [-0.05, 0) is 60.9 Å². The summed E-state index contributed by atoms with van der Waals surface area (Å²) in [5, 5.41) is 3.19. The van der Waals surface area contributed by atoms with Gasteiger partial charge in [0.2, 0.25) is 0 Å². The van der Waals surface area contributed by atoms with Gasteiger partial charge in [-0.3, -0.25) is 19.5 Å². The summed E-state index contributed by atoms with van der Waals surface area (Å²) in [4.78, 5) is 32.2. The third-order valence-corrected chi connectivity index (χ3v) is 5.29. The quantitative estimate of drug-likeness (QED) is 0.446. The van der Waals surface area contributed by atoms with Crippen molar-refractivity contribution in [3.05, 3.63) is 89.9 Å². The average Bonchev–Trinajstić information content (AvgIpc) is 3.08. The summed E-state index contributed by atoms with van der Waals surface area (Å²) in [5.41, 5.74) is 2.68. The molecule has 0 atom stereocenters. The standard InChI is InChI=1S/C27H27N3O4/c1-3-16-34-23-7-5-6-21(17-23)29-25-24(20-8-10-22(11-9-20)33-4-2)26(31)30(27(25)32)18-19-12-14-28-15-13-19/h5-15,17,29H,3-4,16,18H2,1-2H3. The van der Waals surface area contributed by atoms with Crippen molar-refractivity contribution in [2.45, 2.75) is 26.8 Å². The molecule has 1 N–H and O–H groups in total. The Kier molecular flexibility index (Phi) is 7.22. The highest BCUT2D eigenvalue weighted by molar-refractivity contribution is 6.36. The van der Waals surface area contributed by atoms with Crippen molar-refractivity contribution in [3.8, 4) is 11.5 Å². The van der Waals surface area contributed by atoms with Gasteiger partial charge < -0.3 is 14.8 Å². The van der Waals surface area contributed by atoms with Crippen molar-refractivity contribution < 1.29 is 19.1 Å². The van der Waals surface area contributed by atoms with Crippen LogP contribution in [0.4, 0.5) is 5.69 Å². The molecule has 0 saturated heterocycles. The number of anilines is 1. The van der Waals surface area contributed by atoms with Gasteiger partial charge in [-0.15, -0.1) is 0 Å². The van der Waals surface area contributed by atoms with E-state index in [0.29, 0.717) is 41.5 Å². The van der Waals surface area contributed by atoms with Crippen LogP contribution in [-0.4, -0.2) is 34.9 Å². The van der Waals surface area contributed by atoms with Crippen molar-refractivity contribution >= 4 is 23.1 Å². The second kappa shape index (κ2) is 10.7. The lowest BCUT2D eigenvalue weighted by molar-refractivity contribution is -0.137. The zero-order valence-electron chi connectivity index (χ0n) is 19.3. The van der Waals surface area contributed by atoms with E-state index < -0.39 is 0 Å². The Morgan fingerprint density at radius 3 is 2.35 bits per heavy atom. The molecule has 0 aliphatic carbocycles. The minimum Gasteiger partial charge on any atom is -0.494 e. The van der Waals surface area contributed by atoms with Crippen molar-refractivity contribution in [1.82, 2.24) is 9.88 Å². The van der Waals surface area contributed by atoms with E-state index in [1.54, 1.807) is 48.8 Å². The fourth-order valence-corrected chi connectivity index (χ4v) is 3.69. The minimum absolute atomic E-state index is 0.158. The summed E-state index contributed by atoms with van der Waals surface area (Å²) in [6, 6.07) is 18.1. The second-order valence-electron chi connectivity index (χ2n) is 7.76. The Morgan fingerprint density at radius 2 is 1.65 bits per heavy atom. The molecule has 2 aromatic carbocycles. The Morgan fingerprint density at radius 1 is 0.882 bits per heavy atom. The highest BCUT2D eigenvalue weighted by Crippen LogP contribution is 2.33. The smallest absolute Gasteiger partial charge is 0.278 e. The maximum Gasteiger partial charge on any atom is 0.278 e. The van der Waals surface area contributed by atoms with Crippen LogP contribution in [0.1, 0.15) is 31.4 Å². The molecule has 0 radical (unpaired) electrons. The third kappa shape index (κ3) is 5.09. The first-order valence-electron chi connectivity index (χ1n) is 11.3. The Labute approximate surface area is 199 Å². The van der Waals surface area contributed by atoms with Crippen LogP contribution in [0.2, 0.25) is 0 Å². The largest absolute Gasteiger partial charge is 0.494 e. The van der Waals surface area contributed by atoms with Crippen LogP contribution in [0.3, 0.4) is 0 Å². The van der Waals surface area contributed by atoms with Gasteiger partial charge in [-0.2, -0.15) is 0 Å². The maximum absolute atomic E-state index is 13.5. The number of pyridine rings is 1. The lowest BCUT2D eigenvalue weighted by atomic mass is 10.0. The number of carbonyl (C=O) groups is 2. The van der Waals surface area contributed by atoms with Crippen molar-refractivity contribution in [2.75, 3.05) is 18.5 Å². The number of amides is 2. The number of nitrogens with zero attached hydrogens (tertiary/aromatic N) is 2. The Bertz CT molecular complexity index is 1190. The predicted molar refractivity (Wildman–Crippen MR) is 130 cm³/mol. The van der Waals surface area contributed by atoms with E-state index in [9.17, 15) is 9.59 Å². The van der Waals surface area contributed by atoms with E-state index in [4.69, 9.17) is 9.47 Å². The van der Waals surface area contributed by atoms with E-state index in [2.05, 4.69) is 10.3 Å². The van der Waals surface area contributed by atoms with Gasteiger partial charge in [0.25, 0.3) is 11.8 Å². The number of hydrogen-bond donors (Lipinski definition) is 1. The van der Waals surface area contributed by atoms with E-state index in [1.165, 1.54) is 4.90 Å². The molecule has 0 spiro atoms. The molecule has 0 fully saturated rings. The molecule has 7 nitrogen and oxygen atoms in total. The normalized spacial score (nSPS) is 13.4. The maximum atomic E-state index is 13.5. The Hall–Kier alpha value is -4.13. The van der Waals surface area contributed by atoms with Gasteiger partial charge >= 0.3 is 0 Å². The summed E-state index contributed by atoms with van der Waals surface area (Å²) in [5.74, 6) is 0.658.